The van der Waals surface area contributed by atoms with E-state index in [1.165, 1.54) is 16.7 Å². The van der Waals surface area contributed by atoms with E-state index in [1.54, 1.807) is 0 Å². The molecule has 0 heterocycles. The summed E-state index contributed by atoms with van der Waals surface area (Å²) in [5.74, 6) is 0. The summed E-state index contributed by atoms with van der Waals surface area (Å²) in [6, 6.07) is 31.9. The van der Waals surface area contributed by atoms with E-state index in [4.69, 9.17) is 18.0 Å². The van der Waals surface area contributed by atoms with Gasteiger partial charge in [0.1, 0.15) is 0 Å². The number of nitrogens with two attached hydrogens (primary N) is 1. The Balaban J connectivity index is 2.26. The van der Waals surface area contributed by atoms with E-state index in [-0.39, 0.29) is 5.41 Å². The van der Waals surface area contributed by atoms with Crippen LogP contribution in [-0.4, -0.2) is 4.99 Å². The average molecular weight is 331 g/mol. The van der Waals surface area contributed by atoms with Crippen LogP contribution in [-0.2, 0) is 5.41 Å². The van der Waals surface area contributed by atoms with Gasteiger partial charge < -0.3 is 5.73 Å². The van der Waals surface area contributed by atoms with Crippen LogP contribution in [0, 0.1) is 0 Å². The largest absolute Gasteiger partial charge is 0.393 e. The maximum absolute atomic E-state index is 5.87. The van der Waals surface area contributed by atoms with Crippen molar-refractivity contribution in [2.24, 2.45) is 5.73 Å². The van der Waals surface area contributed by atoms with Gasteiger partial charge in [0.25, 0.3) is 0 Å². The van der Waals surface area contributed by atoms with Crippen molar-refractivity contribution in [2.45, 2.75) is 18.3 Å². The minimum Gasteiger partial charge on any atom is -0.393 e. The molecule has 0 aliphatic rings. The lowest BCUT2D eigenvalue weighted by Gasteiger charge is -2.36. The number of hydrogen-bond donors (Lipinski definition) is 1. The van der Waals surface area contributed by atoms with Crippen LogP contribution >= 0.6 is 12.2 Å². The molecule has 2 N–H and O–H groups in total. The molecule has 0 saturated carbocycles. The lowest BCUT2D eigenvalue weighted by molar-refractivity contribution is 0.575. The Hall–Kier alpha value is -2.45. The van der Waals surface area contributed by atoms with Crippen LogP contribution in [0.25, 0.3) is 0 Å². The van der Waals surface area contributed by atoms with Crippen molar-refractivity contribution in [3.05, 3.63) is 108 Å². The van der Waals surface area contributed by atoms with Gasteiger partial charge >= 0.3 is 0 Å². The Morgan fingerprint density at radius 1 is 0.667 bits per heavy atom. The van der Waals surface area contributed by atoms with Crippen molar-refractivity contribution >= 4 is 17.2 Å². The normalized spacial score (nSPS) is 11.2. The maximum Gasteiger partial charge on any atom is 0.0727 e. The fourth-order valence-electron chi connectivity index (χ4n) is 3.41. The van der Waals surface area contributed by atoms with Gasteiger partial charge in [-0.2, -0.15) is 0 Å². The average Bonchev–Trinajstić information content (AvgIpc) is 2.65. The molecule has 3 rings (SSSR count). The molecule has 0 spiro atoms. The van der Waals surface area contributed by atoms with E-state index >= 15 is 0 Å². The first-order valence-electron chi connectivity index (χ1n) is 8.18. The summed E-state index contributed by atoms with van der Waals surface area (Å²) in [6.07, 6.45) is 1.55. The maximum atomic E-state index is 5.87. The van der Waals surface area contributed by atoms with E-state index in [9.17, 15) is 0 Å². The molecule has 120 valence electrons. The highest BCUT2D eigenvalue weighted by molar-refractivity contribution is 7.80. The van der Waals surface area contributed by atoms with E-state index in [0.717, 1.165) is 6.42 Å². The smallest absolute Gasteiger partial charge is 0.0727 e. The van der Waals surface area contributed by atoms with Gasteiger partial charge in [0, 0.05) is 5.41 Å². The van der Waals surface area contributed by atoms with Crippen LogP contribution in [0.4, 0.5) is 0 Å². The predicted octanol–water partition coefficient (Wildman–Crippen LogP) is 5.09. The highest BCUT2D eigenvalue weighted by atomic mass is 32.1. The summed E-state index contributed by atoms with van der Waals surface area (Å²) in [6.45, 7) is 0. The molecule has 0 fully saturated rings. The van der Waals surface area contributed by atoms with Gasteiger partial charge in [0.2, 0.25) is 0 Å². The second-order valence-electron chi connectivity index (χ2n) is 5.97. The van der Waals surface area contributed by atoms with Gasteiger partial charge in [-0.3, -0.25) is 0 Å². The molecule has 0 bridgehead atoms. The van der Waals surface area contributed by atoms with Crippen LogP contribution in [0.15, 0.2) is 91.0 Å². The molecule has 0 atom stereocenters. The number of rotatable bonds is 6. The molecule has 0 aromatic heterocycles. The quantitative estimate of drug-likeness (QED) is 0.503. The lowest BCUT2D eigenvalue weighted by Crippen LogP contribution is -2.31. The first kappa shape index (κ1) is 16.4. The van der Waals surface area contributed by atoms with E-state index in [2.05, 4.69) is 91.0 Å². The third kappa shape index (κ3) is 3.24. The standard InChI is InChI=1S/C22H21NS/c23-21(24)16-17-22(18-10-4-1-5-11-18,19-12-6-2-7-13-19)20-14-8-3-9-15-20/h1-15H,16-17H2,(H2,23,24). The Labute approximate surface area is 149 Å². The topological polar surface area (TPSA) is 26.0 Å². The second-order valence-corrected chi connectivity index (χ2v) is 6.49. The van der Waals surface area contributed by atoms with Crippen LogP contribution in [0.2, 0.25) is 0 Å². The highest BCUT2D eigenvalue weighted by Crippen LogP contribution is 2.42. The molecule has 0 unspecified atom stereocenters. The zero-order valence-electron chi connectivity index (χ0n) is 13.6. The summed E-state index contributed by atoms with van der Waals surface area (Å²) >= 11 is 5.19. The van der Waals surface area contributed by atoms with E-state index < -0.39 is 0 Å². The molecule has 0 saturated heterocycles. The molecule has 0 aliphatic carbocycles. The zero-order valence-corrected chi connectivity index (χ0v) is 14.4. The highest BCUT2D eigenvalue weighted by Gasteiger charge is 2.35. The summed E-state index contributed by atoms with van der Waals surface area (Å²) in [7, 11) is 0. The zero-order chi connectivity index (χ0) is 16.8. The van der Waals surface area contributed by atoms with Crippen molar-refractivity contribution in [2.75, 3.05) is 0 Å². The fourth-order valence-corrected chi connectivity index (χ4v) is 3.51. The SMILES string of the molecule is NC(=S)CCC(c1ccccc1)(c1ccccc1)c1ccccc1. The molecule has 1 nitrogen and oxygen atoms in total. The lowest BCUT2D eigenvalue weighted by atomic mass is 9.67. The Kier molecular flexibility index (Phi) is 5.07. The Morgan fingerprint density at radius 2 is 1.00 bits per heavy atom. The molecule has 0 amide bonds. The number of benzene rings is 3. The van der Waals surface area contributed by atoms with Gasteiger partial charge in [-0.25, -0.2) is 0 Å². The Bertz CT molecular complexity index is 685. The van der Waals surface area contributed by atoms with Gasteiger partial charge in [0.15, 0.2) is 0 Å². The van der Waals surface area contributed by atoms with E-state index in [0.29, 0.717) is 11.4 Å². The van der Waals surface area contributed by atoms with Crippen molar-refractivity contribution in [3.63, 3.8) is 0 Å². The number of thiocarbonyl (C=S) groups is 1. The van der Waals surface area contributed by atoms with Crippen LogP contribution in [0.1, 0.15) is 29.5 Å². The first-order chi connectivity index (χ1) is 11.7. The number of hydrogen-bond acceptors (Lipinski definition) is 1. The van der Waals surface area contributed by atoms with Crippen molar-refractivity contribution < 1.29 is 0 Å². The monoisotopic (exact) mass is 331 g/mol. The van der Waals surface area contributed by atoms with Crippen molar-refractivity contribution in [1.29, 1.82) is 0 Å². The molecule has 3 aromatic rings. The van der Waals surface area contributed by atoms with Crippen molar-refractivity contribution in [3.8, 4) is 0 Å². The summed E-state index contributed by atoms with van der Waals surface area (Å²) in [4.78, 5) is 0.558. The predicted molar refractivity (Wildman–Crippen MR) is 105 cm³/mol. The second kappa shape index (κ2) is 7.41. The summed E-state index contributed by atoms with van der Waals surface area (Å²) in [5.41, 5.74) is 9.40. The molecule has 0 radical (unpaired) electrons. The Morgan fingerprint density at radius 3 is 1.29 bits per heavy atom. The molecule has 2 heteroatoms. The first-order valence-corrected chi connectivity index (χ1v) is 8.59. The van der Waals surface area contributed by atoms with E-state index in [1.807, 2.05) is 0 Å². The summed E-state index contributed by atoms with van der Waals surface area (Å²) in [5, 5.41) is 0. The molecule has 0 aliphatic heterocycles. The van der Waals surface area contributed by atoms with Gasteiger partial charge in [-0.05, 0) is 29.5 Å². The fraction of sp³-hybridized carbons (Fsp3) is 0.136. The van der Waals surface area contributed by atoms with Gasteiger partial charge in [-0.1, -0.05) is 103 Å². The van der Waals surface area contributed by atoms with Crippen LogP contribution in [0.3, 0.4) is 0 Å². The summed E-state index contributed by atoms with van der Waals surface area (Å²) < 4.78 is 0. The molecular weight excluding hydrogens is 310 g/mol. The minimum atomic E-state index is -0.257. The molecule has 3 aromatic carbocycles. The van der Waals surface area contributed by atoms with Crippen molar-refractivity contribution in [1.82, 2.24) is 0 Å². The third-order valence-corrected chi connectivity index (χ3v) is 4.75. The third-order valence-electron chi connectivity index (χ3n) is 4.55. The van der Waals surface area contributed by atoms with Gasteiger partial charge in [0.05, 0.1) is 4.99 Å². The van der Waals surface area contributed by atoms with Gasteiger partial charge in [-0.15, -0.1) is 0 Å². The van der Waals surface area contributed by atoms with Crippen LogP contribution < -0.4 is 5.73 Å². The molecular formula is C22H21NS. The minimum absolute atomic E-state index is 0.257. The van der Waals surface area contributed by atoms with Crippen LogP contribution in [0.5, 0.6) is 0 Å². The molecule has 24 heavy (non-hydrogen) atoms.